The predicted octanol–water partition coefficient (Wildman–Crippen LogP) is 3.07. The lowest BCUT2D eigenvalue weighted by atomic mass is 10.1. The van der Waals surface area contributed by atoms with Gasteiger partial charge >= 0.3 is 0 Å². The van der Waals surface area contributed by atoms with Crippen molar-refractivity contribution in [2.75, 3.05) is 6.54 Å². The van der Waals surface area contributed by atoms with Crippen LogP contribution in [0.15, 0.2) is 22.8 Å². The summed E-state index contributed by atoms with van der Waals surface area (Å²) in [5.74, 6) is 0.829. The minimum atomic E-state index is 0.699. The normalized spacial score (nSPS) is 27.1. The van der Waals surface area contributed by atoms with Crippen LogP contribution in [0.1, 0.15) is 26.0 Å². The molecule has 0 amide bonds. The van der Waals surface area contributed by atoms with Gasteiger partial charge in [-0.15, -0.1) is 0 Å². The van der Waals surface area contributed by atoms with Crippen LogP contribution in [0.5, 0.6) is 0 Å². The first kappa shape index (κ1) is 11.1. The van der Waals surface area contributed by atoms with Gasteiger partial charge in [0.1, 0.15) is 0 Å². The van der Waals surface area contributed by atoms with Crippen molar-refractivity contribution in [3.05, 3.63) is 28.5 Å². The van der Waals surface area contributed by atoms with E-state index in [1.54, 1.807) is 0 Å². The Labute approximate surface area is 99.8 Å². The molecule has 0 aromatic carbocycles. The molecule has 1 aromatic heterocycles. The monoisotopic (exact) mass is 268 g/mol. The summed E-state index contributed by atoms with van der Waals surface area (Å²) in [6, 6.07) is 4.86. The number of hydrogen-bond acceptors (Lipinski definition) is 2. The van der Waals surface area contributed by atoms with E-state index in [1.807, 2.05) is 6.20 Å². The summed E-state index contributed by atoms with van der Waals surface area (Å²) in [4.78, 5) is 6.93. The first-order valence-electron chi connectivity index (χ1n) is 5.49. The minimum absolute atomic E-state index is 0.699. The molecular weight excluding hydrogens is 252 g/mol. The molecule has 2 unspecified atom stereocenters. The second kappa shape index (κ2) is 4.62. The van der Waals surface area contributed by atoms with E-state index in [0.717, 1.165) is 16.9 Å². The van der Waals surface area contributed by atoms with Crippen LogP contribution in [0.3, 0.4) is 0 Å². The van der Waals surface area contributed by atoms with Crippen molar-refractivity contribution in [2.45, 2.75) is 32.9 Å². The van der Waals surface area contributed by atoms with Gasteiger partial charge in [0.05, 0.1) is 5.69 Å². The molecule has 82 valence electrons. The summed E-state index contributed by atoms with van der Waals surface area (Å²) < 4.78 is 1.05. The molecule has 15 heavy (non-hydrogen) atoms. The maximum absolute atomic E-state index is 4.41. The molecule has 3 heteroatoms. The second-order valence-corrected chi connectivity index (χ2v) is 5.50. The van der Waals surface area contributed by atoms with E-state index in [9.17, 15) is 0 Å². The highest BCUT2D eigenvalue weighted by Gasteiger charge is 2.25. The molecular formula is C12H17BrN2. The fraction of sp³-hybridized carbons (Fsp3) is 0.583. The zero-order valence-corrected chi connectivity index (χ0v) is 10.9. The molecule has 2 nitrogen and oxygen atoms in total. The lowest BCUT2D eigenvalue weighted by Gasteiger charge is -2.20. The molecule has 1 aliphatic heterocycles. The third-order valence-electron chi connectivity index (χ3n) is 3.07. The van der Waals surface area contributed by atoms with Crippen LogP contribution in [-0.4, -0.2) is 22.5 Å². The van der Waals surface area contributed by atoms with E-state index in [0.29, 0.717) is 6.04 Å². The molecule has 0 saturated carbocycles. The van der Waals surface area contributed by atoms with Crippen molar-refractivity contribution in [2.24, 2.45) is 5.92 Å². The molecule has 1 saturated heterocycles. The van der Waals surface area contributed by atoms with Crippen LogP contribution in [0.4, 0.5) is 0 Å². The maximum Gasteiger partial charge on any atom is 0.0544 e. The molecule has 2 rings (SSSR count). The minimum Gasteiger partial charge on any atom is -0.295 e. The predicted molar refractivity (Wildman–Crippen MR) is 65.6 cm³/mol. The van der Waals surface area contributed by atoms with E-state index in [2.05, 4.69) is 51.8 Å². The molecule has 1 aromatic rings. The van der Waals surface area contributed by atoms with Gasteiger partial charge in [-0.05, 0) is 47.3 Å². The van der Waals surface area contributed by atoms with Crippen molar-refractivity contribution >= 4 is 15.9 Å². The lowest BCUT2D eigenvalue weighted by Crippen LogP contribution is -2.26. The zero-order chi connectivity index (χ0) is 10.8. The van der Waals surface area contributed by atoms with Gasteiger partial charge in [-0.3, -0.25) is 9.88 Å². The quantitative estimate of drug-likeness (QED) is 0.820. The molecule has 2 heterocycles. The number of likely N-dealkylation sites (tertiary alicyclic amines) is 1. The average molecular weight is 269 g/mol. The SMILES string of the molecule is CC1CC(C)N(Cc2ccc(Br)cn2)C1. The Bertz CT molecular complexity index is 323. The Balaban J connectivity index is 2.00. The van der Waals surface area contributed by atoms with Crippen LogP contribution in [0.2, 0.25) is 0 Å². The maximum atomic E-state index is 4.41. The number of halogens is 1. The molecule has 0 N–H and O–H groups in total. The van der Waals surface area contributed by atoms with Crippen LogP contribution in [0.25, 0.3) is 0 Å². The molecule has 0 bridgehead atoms. The molecule has 1 fully saturated rings. The van der Waals surface area contributed by atoms with Crippen molar-refractivity contribution in [1.29, 1.82) is 0 Å². The van der Waals surface area contributed by atoms with E-state index < -0.39 is 0 Å². The van der Waals surface area contributed by atoms with Gasteiger partial charge in [0.2, 0.25) is 0 Å². The smallest absolute Gasteiger partial charge is 0.0544 e. The second-order valence-electron chi connectivity index (χ2n) is 4.59. The van der Waals surface area contributed by atoms with Crippen LogP contribution in [0, 0.1) is 5.92 Å². The largest absolute Gasteiger partial charge is 0.295 e. The Morgan fingerprint density at radius 3 is 2.80 bits per heavy atom. The van der Waals surface area contributed by atoms with Gasteiger partial charge in [-0.2, -0.15) is 0 Å². The highest BCUT2D eigenvalue weighted by Crippen LogP contribution is 2.23. The molecule has 0 aliphatic carbocycles. The average Bonchev–Trinajstić information content (AvgIpc) is 2.49. The summed E-state index contributed by atoms with van der Waals surface area (Å²) in [5.41, 5.74) is 1.17. The number of aromatic nitrogens is 1. The fourth-order valence-electron chi connectivity index (χ4n) is 2.31. The first-order chi connectivity index (χ1) is 7.15. The summed E-state index contributed by atoms with van der Waals surface area (Å²) in [6.07, 6.45) is 3.19. The Morgan fingerprint density at radius 1 is 1.47 bits per heavy atom. The Morgan fingerprint density at radius 2 is 2.27 bits per heavy atom. The first-order valence-corrected chi connectivity index (χ1v) is 6.29. The van der Waals surface area contributed by atoms with Crippen molar-refractivity contribution in [3.63, 3.8) is 0 Å². The van der Waals surface area contributed by atoms with E-state index in [-0.39, 0.29) is 0 Å². The standard InChI is InChI=1S/C12H17BrN2/c1-9-5-10(2)15(7-9)8-12-4-3-11(13)6-14-12/h3-4,6,9-10H,5,7-8H2,1-2H3. The van der Waals surface area contributed by atoms with Crippen LogP contribution in [-0.2, 0) is 6.54 Å². The molecule has 0 spiro atoms. The topological polar surface area (TPSA) is 16.1 Å². The van der Waals surface area contributed by atoms with Crippen molar-refractivity contribution in [1.82, 2.24) is 9.88 Å². The van der Waals surface area contributed by atoms with Gasteiger partial charge in [-0.1, -0.05) is 6.92 Å². The van der Waals surface area contributed by atoms with Crippen LogP contribution >= 0.6 is 15.9 Å². The van der Waals surface area contributed by atoms with Gasteiger partial charge in [-0.25, -0.2) is 0 Å². The van der Waals surface area contributed by atoms with E-state index in [4.69, 9.17) is 0 Å². The number of rotatable bonds is 2. The summed E-state index contributed by atoms with van der Waals surface area (Å²) in [5, 5.41) is 0. The lowest BCUT2D eigenvalue weighted by molar-refractivity contribution is 0.253. The summed E-state index contributed by atoms with van der Waals surface area (Å²) in [6.45, 7) is 6.82. The summed E-state index contributed by atoms with van der Waals surface area (Å²) >= 11 is 3.40. The fourth-order valence-corrected chi connectivity index (χ4v) is 2.55. The molecule has 0 radical (unpaired) electrons. The van der Waals surface area contributed by atoms with Gasteiger partial charge in [0.25, 0.3) is 0 Å². The third-order valence-corrected chi connectivity index (χ3v) is 3.54. The molecule has 1 aliphatic rings. The highest BCUT2D eigenvalue weighted by molar-refractivity contribution is 9.10. The Hall–Kier alpha value is -0.410. The van der Waals surface area contributed by atoms with E-state index in [1.165, 1.54) is 18.7 Å². The van der Waals surface area contributed by atoms with Gasteiger partial charge in [0.15, 0.2) is 0 Å². The van der Waals surface area contributed by atoms with Gasteiger partial charge < -0.3 is 0 Å². The zero-order valence-electron chi connectivity index (χ0n) is 9.28. The summed E-state index contributed by atoms with van der Waals surface area (Å²) in [7, 11) is 0. The van der Waals surface area contributed by atoms with Crippen molar-refractivity contribution < 1.29 is 0 Å². The number of pyridine rings is 1. The van der Waals surface area contributed by atoms with E-state index >= 15 is 0 Å². The highest BCUT2D eigenvalue weighted by atomic mass is 79.9. The molecule has 2 atom stereocenters. The van der Waals surface area contributed by atoms with Gasteiger partial charge in [0, 0.05) is 29.8 Å². The number of nitrogens with zero attached hydrogens (tertiary/aromatic N) is 2. The van der Waals surface area contributed by atoms with Crippen molar-refractivity contribution in [3.8, 4) is 0 Å². The number of hydrogen-bond donors (Lipinski definition) is 0. The van der Waals surface area contributed by atoms with Crippen LogP contribution < -0.4 is 0 Å². The third kappa shape index (κ3) is 2.79. The Kier molecular flexibility index (Phi) is 3.42.